The number of nitrogens with zero attached hydrogens (tertiary/aromatic N) is 2. The Hall–Kier alpha value is -3.19. The Kier molecular flexibility index (Phi) is 7.19. The lowest BCUT2D eigenvalue weighted by molar-refractivity contribution is 0.0958. The zero-order chi connectivity index (χ0) is 21.5. The smallest absolute Gasteiger partial charge is 0.283 e. The number of amides is 1. The molecule has 2 aromatic carbocycles. The van der Waals surface area contributed by atoms with E-state index in [1.807, 2.05) is 51.1 Å². The first-order valence-corrected chi connectivity index (χ1v) is 10.5. The van der Waals surface area contributed by atoms with E-state index < -0.39 is 0 Å². The van der Waals surface area contributed by atoms with Crippen molar-refractivity contribution in [3.8, 4) is 11.5 Å². The van der Waals surface area contributed by atoms with Crippen molar-refractivity contribution in [3.63, 3.8) is 0 Å². The third kappa shape index (κ3) is 5.67. The standard InChI is InChI=1S/C23H25N3O3S/c1-5-28-21-12-19(13-24-26-23(27)22-16(3)25-17(4)30-22)10-11-20(21)29-14-18-8-6-15(2)7-9-18/h6-13H,5,14H2,1-4H3,(H,26,27)/b24-13+. The summed E-state index contributed by atoms with van der Waals surface area (Å²) < 4.78 is 11.7. The summed E-state index contributed by atoms with van der Waals surface area (Å²) in [5.41, 5.74) is 6.35. The normalized spacial score (nSPS) is 10.9. The van der Waals surface area contributed by atoms with Gasteiger partial charge in [0.25, 0.3) is 5.91 Å². The van der Waals surface area contributed by atoms with Crippen LogP contribution in [0.25, 0.3) is 0 Å². The monoisotopic (exact) mass is 423 g/mol. The maximum Gasteiger partial charge on any atom is 0.283 e. The molecule has 0 atom stereocenters. The molecule has 0 saturated heterocycles. The number of benzene rings is 2. The summed E-state index contributed by atoms with van der Waals surface area (Å²) in [6, 6.07) is 13.8. The van der Waals surface area contributed by atoms with Crippen LogP contribution in [0.15, 0.2) is 47.6 Å². The number of aromatic nitrogens is 1. The second-order valence-electron chi connectivity index (χ2n) is 6.76. The van der Waals surface area contributed by atoms with Crippen LogP contribution in [-0.4, -0.2) is 23.7 Å². The quantitative estimate of drug-likeness (QED) is 0.417. The fraction of sp³-hybridized carbons (Fsp3) is 0.261. The van der Waals surface area contributed by atoms with Crippen molar-refractivity contribution in [1.82, 2.24) is 10.4 Å². The number of carbonyl (C=O) groups is 1. The Balaban J connectivity index is 1.66. The minimum atomic E-state index is -0.266. The van der Waals surface area contributed by atoms with Crippen LogP contribution in [-0.2, 0) is 6.61 Å². The molecule has 7 heteroatoms. The minimum Gasteiger partial charge on any atom is -0.490 e. The molecule has 156 valence electrons. The number of rotatable bonds is 8. The molecule has 6 nitrogen and oxygen atoms in total. The van der Waals surface area contributed by atoms with Crippen molar-refractivity contribution in [2.45, 2.75) is 34.3 Å². The van der Waals surface area contributed by atoms with Gasteiger partial charge in [0.05, 0.1) is 23.5 Å². The van der Waals surface area contributed by atoms with Gasteiger partial charge in [-0.2, -0.15) is 5.10 Å². The molecule has 0 aliphatic carbocycles. The molecule has 0 aliphatic heterocycles. The van der Waals surface area contributed by atoms with Crippen LogP contribution < -0.4 is 14.9 Å². The highest BCUT2D eigenvalue weighted by Crippen LogP contribution is 2.29. The van der Waals surface area contributed by atoms with Crippen LogP contribution in [0.5, 0.6) is 11.5 Å². The van der Waals surface area contributed by atoms with Gasteiger partial charge in [0.15, 0.2) is 11.5 Å². The fourth-order valence-electron chi connectivity index (χ4n) is 2.80. The van der Waals surface area contributed by atoms with E-state index in [9.17, 15) is 4.79 Å². The van der Waals surface area contributed by atoms with Crippen LogP contribution >= 0.6 is 11.3 Å². The number of aryl methyl sites for hydroxylation is 3. The third-order valence-electron chi connectivity index (χ3n) is 4.27. The van der Waals surface area contributed by atoms with Gasteiger partial charge in [-0.25, -0.2) is 10.4 Å². The summed E-state index contributed by atoms with van der Waals surface area (Å²) >= 11 is 1.35. The molecule has 30 heavy (non-hydrogen) atoms. The van der Waals surface area contributed by atoms with Crippen LogP contribution in [0.1, 0.15) is 44.0 Å². The van der Waals surface area contributed by atoms with Crippen LogP contribution in [0, 0.1) is 20.8 Å². The van der Waals surface area contributed by atoms with E-state index in [2.05, 4.69) is 34.6 Å². The van der Waals surface area contributed by atoms with E-state index >= 15 is 0 Å². The molecule has 0 fully saturated rings. The molecule has 3 rings (SSSR count). The van der Waals surface area contributed by atoms with E-state index in [4.69, 9.17) is 9.47 Å². The van der Waals surface area contributed by atoms with Gasteiger partial charge in [0, 0.05) is 0 Å². The summed E-state index contributed by atoms with van der Waals surface area (Å²) in [4.78, 5) is 17.1. The average molecular weight is 424 g/mol. The molecule has 1 aromatic heterocycles. The van der Waals surface area contributed by atoms with Gasteiger partial charge in [-0.15, -0.1) is 11.3 Å². The molecule has 0 saturated carbocycles. The molecular weight excluding hydrogens is 398 g/mol. The number of hydrogen-bond donors (Lipinski definition) is 1. The van der Waals surface area contributed by atoms with Crippen molar-refractivity contribution in [1.29, 1.82) is 0 Å². The lowest BCUT2D eigenvalue weighted by Crippen LogP contribution is -2.17. The van der Waals surface area contributed by atoms with Gasteiger partial charge in [-0.1, -0.05) is 29.8 Å². The minimum absolute atomic E-state index is 0.266. The Morgan fingerprint density at radius 3 is 2.53 bits per heavy atom. The molecule has 0 spiro atoms. The van der Waals surface area contributed by atoms with Gasteiger partial charge >= 0.3 is 0 Å². The molecule has 0 aliphatic rings. The number of hydrazone groups is 1. The molecule has 0 radical (unpaired) electrons. The summed E-state index contributed by atoms with van der Waals surface area (Å²) in [6.45, 7) is 8.63. The van der Waals surface area contributed by atoms with E-state index in [0.29, 0.717) is 35.3 Å². The molecule has 1 heterocycles. The van der Waals surface area contributed by atoms with Crippen molar-refractivity contribution >= 4 is 23.5 Å². The van der Waals surface area contributed by atoms with Gasteiger partial charge in [0.1, 0.15) is 11.5 Å². The lowest BCUT2D eigenvalue weighted by atomic mass is 10.2. The van der Waals surface area contributed by atoms with Crippen LogP contribution in [0.2, 0.25) is 0 Å². The van der Waals surface area contributed by atoms with Crippen LogP contribution in [0.3, 0.4) is 0 Å². The first-order chi connectivity index (χ1) is 14.5. The predicted molar refractivity (Wildman–Crippen MR) is 120 cm³/mol. The van der Waals surface area contributed by atoms with Crippen molar-refractivity contribution < 1.29 is 14.3 Å². The molecular formula is C23H25N3O3S. The van der Waals surface area contributed by atoms with E-state index in [1.165, 1.54) is 16.9 Å². The zero-order valence-electron chi connectivity index (χ0n) is 17.6. The van der Waals surface area contributed by atoms with Crippen molar-refractivity contribution in [2.24, 2.45) is 5.10 Å². The lowest BCUT2D eigenvalue weighted by Gasteiger charge is -2.12. The van der Waals surface area contributed by atoms with Gasteiger partial charge in [0.2, 0.25) is 0 Å². The maximum atomic E-state index is 12.2. The maximum absolute atomic E-state index is 12.2. The van der Waals surface area contributed by atoms with Crippen LogP contribution in [0.4, 0.5) is 0 Å². The summed E-state index contributed by atoms with van der Waals surface area (Å²) in [7, 11) is 0. The average Bonchev–Trinajstić information content (AvgIpc) is 3.07. The number of carbonyl (C=O) groups excluding carboxylic acids is 1. The van der Waals surface area contributed by atoms with Gasteiger partial charge < -0.3 is 9.47 Å². The third-order valence-corrected chi connectivity index (χ3v) is 5.34. The summed E-state index contributed by atoms with van der Waals surface area (Å²) in [6.07, 6.45) is 1.58. The van der Waals surface area contributed by atoms with Gasteiger partial charge in [-0.3, -0.25) is 4.79 Å². The highest BCUT2D eigenvalue weighted by Gasteiger charge is 2.13. The number of hydrogen-bond acceptors (Lipinski definition) is 6. The first-order valence-electron chi connectivity index (χ1n) is 9.69. The Morgan fingerprint density at radius 1 is 1.10 bits per heavy atom. The highest BCUT2D eigenvalue weighted by molar-refractivity contribution is 7.13. The number of ether oxygens (including phenoxy) is 2. The van der Waals surface area contributed by atoms with Crippen molar-refractivity contribution in [3.05, 3.63) is 74.7 Å². The Bertz CT molecular complexity index is 1040. The predicted octanol–water partition coefficient (Wildman–Crippen LogP) is 4.81. The molecule has 1 amide bonds. The van der Waals surface area contributed by atoms with Crippen molar-refractivity contribution in [2.75, 3.05) is 6.61 Å². The van der Waals surface area contributed by atoms with Gasteiger partial charge in [-0.05, 0) is 57.0 Å². The zero-order valence-corrected chi connectivity index (χ0v) is 18.4. The van der Waals surface area contributed by atoms with E-state index in [-0.39, 0.29) is 5.91 Å². The summed E-state index contributed by atoms with van der Waals surface area (Å²) in [5.74, 6) is 1.03. The fourth-order valence-corrected chi connectivity index (χ4v) is 3.61. The van der Waals surface area contributed by atoms with E-state index in [0.717, 1.165) is 16.1 Å². The molecule has 0 unspecified atom stereocenters. The Labute approximate surface area is 180 Å². The number of thiazole rings is 1. The summed E-state index contributed by atoms with van der Waals surface area (Å²) in [5, 5.41) is 4.91. The largest absolute Gasteiger partial charge is 0.490 e. The van der Waals surface area contributed by atoms with E-state index in [1.54, 1.807) is 6.21 Å². The second kappa shape index (κ2) is 10.0. The topological polar surface area (TPSA) is 72.8 Å². The first kappa shape index (κ1) is 21.5. The molecule has 3 aromatic rings. The number of nitrogens with one attached hydrogen (secondary N) is 1. The SMILES string of the molecule is CCOc1cc(/C=N/NC(=O)c2sc(C)nc2C)ccc1OCc1ccc(C)cc1. The molecule has 1 N–H and O–H groups in total. The molecule has 0 bridgehead atoms. The second-order valence-corrected chi connectivity index (χ2v) is 7.96. The highest BCUT2D eigenvalue weighted by atomic mass is 32.1. The Morgan fingerprint density at radius 2 is 1.87 bits per heavy atom.